The quantitative estimate of drug-likeness (QED) is 0.752. The van der Waals surface area contributed by atoms with Gasteiger partial charge in [0.15, 0.2) is 0 Å². The lowest BCUT2D eigenvalue weighted by Gasteiger charge is -2.22. The van der Waals surface area contributed by atoms with Gasteiger partial charge in [0, 0.05) is 30.6 Å². The molecule has 0 amide bonds. The fourth-order valence-corrected chi connectivity index (χ4v) is 1.40. The molecule has 1 rings (SSSR count). The van der Waals surface area contributed by atoms with Crippen LogP contribution in [0, 0.1) is 5.41 Å². The second kappa shape index (κ2) is 4.62. The van der Waals surface area contributed by atoms with Gasteiger partial charge in [0.25, 0.3) is 0 Å². The zero-order valence-electron chi connectivity index (χ0n) is 9.90. The monoisotopic (exact) mass is 207 g/mol. The predicted molar refractivity (Wildman–Crippen MR) is 63.7 cm³/mol. The Hall–Kier alpha value is -1.09. The zero-order chi connectivity index (χ0) is 11.5. The Labute approximate surface area is 92.0 Å². The Morgan fingerprint density at radius 1 is 1.67 bits per heavy atom. The minimum Gasteiger partial charge on any atom is -0.330 e. The van der Waals surface area contributed by atoms with Crippen molar-refractivity contribution < 1.29 is 0 Å². The number of rotatable bonds is 5. The van der Waals surface area contributed by atoms with Crippen molar-refractivity contribution in [2.24, 2.45) is 11.1 Å². The summed E-state index contributed by atoms with van der Waals surface area (Å²) in [5, 5.41) is 4.50. The summed E-state index contributed by atoms with van der Waals surface area (Å²) >= 11 is 0. The van der Waals surface area contributed by atoms with E-state index in [1.54, 1.807) is 0 Å². The van der Waals surface area contributed by atoms with E-state index >= 15 is 0 Å². The lowest BCUT2D eigenvalue weighted by atomic mass is 9.86. The summed E-state index contributed by atoms with van der Waals surface area (Å²) in [5.74, 6) is 0. The number of hydrogen-bond donors (Lipinski definition) is 1. The molecule has 2 N–H and O–H groups in total. The summed E-state index contributed by atoms with van der Waals surface area (Å²) in [6, 6.07) is 2.46. The molecule has 3 nitrogen and oxygen atoms in total. The lowest BCUT2D eigenvalue weighted by Crippen LogP contribution is -2.27. The second-order valence-electron chi connectivity index (χ2n) is 4.62. The molecule has 0 saturated carbocycles. The fourth-order valence-electron chi connectivity index (χ4n) is 1.40. The first-order valence-electron chi connectivity index (χ1n) is 5.38. The number of hydrogen-bond acceptors (Lipinski definition) is 2. The van der Waals surface area contributed by atoms with Crippen molar-refractivity contribution in [1.29, 1.82) is 0 Å². The molecule has 0 spiro atoms. The summed E-state index contributed by atoms with van der Waals surface area (Å²) in [6.45, 7) is 10.8. The third-order valence-electron chi connectivity index (χ3n) is 2.74. The Balaban J connectivity index is 2.76. The van der Waals surface area contributed by atoms with E-state index in [0.29, 0.717) is 12.6 Å². The van der Waals surface area contributed by atoms with Crippen LogP contribution in [0.15, 0.2) is 24.9 Å². The van der Waals surface area contributed by atoms with Gasteiger partial charge in [0.1, 0.15) is 0 Å². The van der Waals surface area contributed by atoms with Crippen molar-refractivity contribution in [3.05, 3.63) is 30.6 Å². The van der Waals surface area contributed by atoms with Gasteiger partial charge in [-0.1, -0.05) is 13.0 Å². The molecule has 0 fully saturated rings. The van der Waals surface area contributed by atoms with Crippen LogP contribution in [0.3, 0.4) is 0 Å². The molecule has 0 saturated heterocycles. The van der Waals surface area contributed by atoms with Crippen LogP contribution in [0.5, 0.6) is 0 Å². The number of aromatic nitrogens is 2. The van der Waals surface area contributed by atoms with Crippen LogP contribution in [0.25, 0.3) is 0 Å². The highest BCUT2D eigenvalue weighted by Crippen LogP contribution is 2.21. The minimum atomic E-state index is -0.0455. The maximum absolute atomic E-state index is 5.73. The highest BCUT2D eigenvalue weighted by molar-refractivity contribution is 5.07. The maximum atomic E-state index is 5.73. The molecular formula is C12H21N3. The molecule has 0 bridgehead atoms. The van der Waals surface area contributed by atoms with Crippen LogP contribution < -0.4 is 5.73 Å². The van der Waals surface area contributed by atoms with Crippen LogP contribution in [-0.4, -0.2) is 16.3 Å². The van der Waals surface area contributed by atoms with Crippen molar-refractivity contribution in [3.63, 3.8) is 0 Å². The Morgan fingerprint density at radius 3 is 2.73 bits per heavy atom. The van der Waals surface area contributed by atoms with E-state index < -0.39 is 0 Å². The Morgan fingerprint density at radius 2 is 2.33 bits per heavy atom. The van der Waals surface area contributed by atoms with Gasteiger partial charge in [-0.2, -0.15) is 5.10 Å². The van der Waals surface area contributed by atoms with Crippen molar-refractivity contribution in [2.45, 2.75) is 33.2 Å². The first kappa shape index (κ1) is 12.0. The zero-order valence-corrected chi connectivity index (χ0v) is 9.90. The molecule has 84 valence electrons. The molecule has 0 aliphatic carbocycles. The molecule has 1 unspecified atom stereocenters. The topological polar surface area (TPSA) is 43.8 Å². The molecule has 0 aromatic carbocycles. The van der Waals surface area contributed by atoms with Crippen molar-refractivity contribution >= 4 is 0 Å². The fraction of sp³-hybridized carbons (Fsp3) is 0.583. The van der Waals surface area contributed by atoms with Gasteiger partial charge in [-0.05, 0) is 19.9 Å². The molecule has 1 aromatic rings. The SMILES string of the molecule is C=CC(C)(CN)Cc1ccn(C(C)C)n1. The van der Waals surface area contributed by atoms with E-state index in [4.69, 9.17) is 5.73 Å². The molecule has 0 aliphatic rings. The van der Waals surface area contributed by atoms with Gasteiger partial charge in [-0.15, -0.1) is 6.58 Å². The normalized spacial score (nSPS) is 15.3. The molecule has 1 heterocycles. The van der Waals surface area contributed by atoms with Crippen LogP contribution >= 0.6 is 0 Å². The summed E-state index contributed by atoms with van der Waals surface area (Å²) in [5.41, 5.74) is 6.76. The maximum Gasteiger partial charge on any atom is 0.0633 e. The smallest absolute Gasteiger partial charge is 0.0633 e. The summed E-state index contributed by atoms with van der Waals surface area (Å²) < 4.78 is 1.97. The van der Waals surface area contributed by atoms with Crippen LogP contribution in [0.1, 0.15) is 32.5 Å². The summed E-state index contributed by atoms with van der Waals surface area (Å²) in [7, 11) is 0. The van der Waals surface area contributed by atoms with E-state index in [1.807, 2.05) is 17.0 Å². The van der Waals surface area contributed by atoms with E-state index in [0.717, 1.165) is 12.1 Å². The van der Waals surface area contributed by atoms with Gasteiger partial charge < -0.3 is 5.73 Å². The van der Waals surface area contributed by atoms with Crippen LogP contribution in [0.4, 0.5) is 0 Å². The van der Waals surface area contributed by atoms with Gasteiger partial charge >= 0.3 is 0 Å². The average Bonchev–Trinajstić information content (AvgIpc) is 2.66. The highest BCUT2D eigenvalue weighted by atomic mass is 15.3. The molecule has 0 radical (unpaired) electrons. The van der Waals surface area contributed by atoms with E-state index in [2.05, 4.69) is 38.5 Å². The molecular weight excluding hydrogens is 186 g/mol. The third kappa shape index (κ3) is 2.93. The third-order valence-corrected chi connectivity index (χ3v) is 2.74. The number of nitrogens with zero attached hydrogens (tertiary/aromatic N) is 2. The van der Waals surface area contributed by atoms with Gasteiger partial charge in [0.2, 0.25) is 0 Å². The first-order valence-corrected chi connectivity index (χ1v) is 5.38. The Kier molecular flexibility index (Phi) is 3.69. The van der Waals surface area contributed by atoms with Gasteiger partial charge in [-0.25, -0.2) is 0 Å². The van der Waals surface area contributed by atoms with E-state index in [1.165, 1.54) is 0 Å². The first-order chi connectivity index (χ1) is 7.00. The molecule has 15 heavy (non-hydrogen) atoms. The van der Waals surface area contributed by atoms with Crippen molar-refractivity contribution in [2.75, 3.05) is 6.54 Å². The van der Waals surface area contributed by atoms with Crippen LogP contribution in [-0.2, 0) is 6.42 Å². The highest BCUT2D eigenvalue weighted by Gasteiger charge is 2.20. The standard InChI is InChI=1S/C12H21N3/c1-5-12(4,9-13)8-11-6-7-15(14-11)10(2)3/h5-7,10H,1,8-9,13H2,2-4H3. The predicted octanol–water partition coefficient (Wildman–Crippen LogP) is 2.16. The molecule has 1 atom stereocenters. The van der Waals surface area contributed by atoms with Crippen molar-refractivity contribution in [1.82, 2.24) is 9.78 Å². The summed E-state index contributed by atoms with van der Waals surface area (Å²) in [6.07, 6.45) is 4.79. The second-order valence-corrected chi connectivity index (χ2v) is 4.62. The molecule has 0 aliphatic heterocycles. The van der Waals surface area contributed by atoms with Gasteiger partial charge in [-0.3, -0.25) is 4.68 Å². The summed E-state index contributed by atoms with van der Waals surface area (Å²) in [4.78, 5) is 0. The van der Waals surface area contributed by atoms with Crippen LogP contribution in [0.2, 0.25) is 0 Å². The Bertz CT molecular complexity index is 327. The van der Waals surface area contributed by atoms with Gasteiger partial charge in [0.05, 0.1) is 5.69 Å². The minimum absolute atomic E-state index is 0.0455. The molecule has 1 aromatic heterocycles. The van der Waals surface area contributed by atoms with E-state index in [-0.39, 0.29) is 5.41 Å². The van der Waals surface area contributed by atoms with E-state index in [9.17, 15) is 0 Å². The van der Waals surface area contributed by atoms with Crippen molar-refractivity contribution in [3.8, 4) is 0 Å². The molecule has 3 heteroatoms. The lowest BCUT2D eigenvalue weighted by molar-refractivity contribution is 0.426. The number of nitrogens with two attached hydrogens (primary N) is 1. The largest absolute Gasteiger partial charge is 0.330 e. The average molecular weight is 207 g/mol.